The molecule has 0 bridgehead atoms. The van der Waals surface area contributed by atoms with Crippen molar-refractivity contribution in [2.24, 2.45) is 0 Å². The van der Waals surface area contributed by atoms with Crippen molar-refractivity contribution < 1.29 is 0 Å². The van der Waals surface area contributed by atoms with Crippen LogP contribution >= 0.6 is 23.2 Å². The van der Waals surface area contributed by atoms with Gasteiger partial charge in [0.2, 0.25) is 0 Å². The zero-order valence-electron chi connectivity index (χ0n) is 10.1. The van der Waals surface area contributed by atoms with Crippen LogP contribution in [0.1, 0.15) is 5.56 Å². The van der Waals surface area contributed by atoms with E-state index in [-0.39, 0.29) is 0 Å². The van der Waals surface area contributed by atoms with Gasteiger partial charge in [0.25, 0.3) is 0 Å². The number of fused-ring (bicyclic) bond motifs is 1. The zero-order chi connectivity index (χ0) is 14.1. The zero-order valence-corrected chi connectivity index (χ0v) is 11.6. The number of H-pyrrole nitrogens is 1. The van der Waals surface area contributed by atoms with Crippen molar-refractivity contribution in [2.75, 3.05) is 5.32 Å². The van der Waals surface area contributed by atoms with E-state index in [9.17, 15) is 0 Å². The number of nitriles is 1. The van der Waals surface area contributed by atoms with Crippen molar-refractivity contribution in [1.29, 1.82) is 5.26 Å². The molecule has 0 unspecified atom stereocenters. The molecule has 0 spiro atoms. The van der Waals surface area contributed by atoms with E-state index in [0.717, 1.165) is 11.0 Å². The van der Waals surface area contributed by atoms with Crippen LogP contribution in [0.3, 0.4) is 0 Å². The van der Waals surface area contributed by atoms with E-state index in [1.807, 2.05) is 6.07 Å². The minimum absolute atomic E-state index is 0.473. The lowest BCUT2D eigenvalue weighted by Gasteiger charge is -2.11. The number of nitrogens with zero attached hydrogens (tertiary/aromatic N) is 2. The monoisotopic (exact) mass is 302 g/mol. The third kappa shape index (κ3) is 2.18. The maximum Gasteiger partial charge on any atom is 0.139 e. The minimum Gasteiger partial charge on any atom is -0.353 e. The predicted molar refractivity (Wildman–Crippen MR) is 80.6 cm³/mol. The highest BCUT2D eigenvalue weighted by Crippen LogP contribution is 2.33. The minimum atomic E-state index is 0.473. The number of aromatic amines is 1. The van der Waals surface area contributed by atoms with E-state index < -0.39 is 0 Å². The van der Waals surface area contributed by atoms with E-state index in [2.05, 4.69) is 21.4 Å². The Hall–Kier alpha value is -2.22. The summed E-state index contributed by atoms with van der Waals surface area (Å²) in [5.41, 5.74) is 2.51. The van der Waals surface area contributed by atoms with E-state index in [1.54, 1.807) is 30.6 Å². The Labute approximate surface area is 125 Å². The van der Waals surface area contributed by atoms with Gasteiger partial charge in [-0.2, -0.15) is 5.26 Å². The molecular formula is C14H8Cl2N4. The number of rotatable bonds is 2. The quantitative estimate of drug-likeness (QED) is 0.733. The lowest BCUT2D eigenvalue weighted by Crippen LogP contribution is -1.96. The summed E-state index contributed by atoms with van der Waals surface area (Å²) in [5.74, 6) is 0. The summed E-state index contributed by atoms with van der Waals surface area (Å²) in [6.07, 6.45) is 3.33. The Morgan fingerprint density at radius 1 is 1.25 bits per heavy atom. The fourth-order valence-corrected chi connectivity index (χ4v) is 2.33. The summed E-state index contributed by atoms with van der Waals surface area (Å²) in [6.45, 7) is 0. The Kier molecular flexibility index (Phi) is 3.23. The van der Waals surface area contributed by atoms with Gasteiger partial charge in [-0.15, -0.1) is 0 Å². The third-order valence-electron chi connectivity index (χ3n) is 2.90. The van der Waals surface area contributed by atoms with Crippen LogP contribution in [0.5, 0.6) is 0 Å². The average Bonchev–Trinajstić information content (AvgIpc) is 2.91. The van der Waals surface area contributed by atoms with Crippen LogP contribution in [0.2, 0.25) is 10.0 Å². The second-order valence-corrected chi connectivity index (χ2v) is 4.99. The van der Waals surface area contributed by atoms with Gasteiger partial charge in [-0.1, -0.05) is 23.2 Å². The molecule has 0 aliphatic rings. The van der Waals surface area contributed by atoms with Crippen LogP contribution in [0.15, 0.2) is 36.7 Å². The average molecular weight is 303 g/mol. The molecule has 0 amide bonds. The van der Waals surface area contributed by atoms with Crippen LogP contribution in [-0.4, -0.2) is 9.97 Å². The Morgan fingerprint density at radius 3 is 2.90 bits per heavy atom. The summed E-state index contributed by atoms with van der Waals surface area (Å²) in [6, 6.07) is 9.01. The molecule has 2 N–H and O–H groups in total. The highest BCUT2D eigenvalue weighted by atomic mass is 35.5. The molecule has 1 aromatic carbocycles. The van der Waals surface area contributed by atoms with Crippen molar-refractivity contribution in [3.05, 3.63) is 52.3 Å². The molecule has 20 heavy (non-hydrogen) atoms. The topological polar surface area (TPSA) is 64.5 Å². The molecule has 6 heteroatoms. The SMILES string of the molecule is N#Cc1ccc(Cl)cc1Nc1c(Cl)cnc2[nH]ccc12. The fourth-order valence-electron chi connectivity index (χ4n) is 1.96. The number of aromatic nitrogens is 2. The Bertz CT molecular complexity index is 833. The predicted octanol–water partition coefficient (Wildman–Crippen LogP) is 4.48. The normalized spacial score (nSPS) is 10.4. The molecule has 2 heterocycles. The molecule has 3 aromatic rings. The van der Waals surface area contributed by atoms with Gasteiger partial charge in [-0.3, -0.25) is 0 Å². The van der Waals surface area contributed by atoms with E-state index in [4.69, 9.17) is 28.5 Å². The number of hydrogen-bond acceptors (Lipinski definition) is 3. The highest BCUT2D eigenvalue weighted by molar-refractivity contribution is 6.35. The largest absolute Gasteiger partial charge is 0.353 e. The molecule has 0 radical (unpaired) electrons. The first-order valence-corrected chi connectivity index (χ1v) is 6.53. The van der Waals surface area contributed by atoms with Crippen molar-refractivity contribution in [2.45, 2.75) is 0 Å². The summed E-state index contributed by atoms with van der Waals surface area (Å²) in [5, 5.41) is 14.2. The first-order chi connectivity index (χ1) is 9.69. The van der Waals surface area contributed by atoms with Crippen LogP contribution in [-0.2, 0) is 0 Å². The first-order valence-electron chi connectivity index (χ1n) is 5.77. The molecule has 2 aromatic heterocycles. The second-order valence-electron chi connectivity index (χ2n) is 4.15. The maximum atomic E-state index is 9.15. The number of hydrogen-bond donors (Lipinski definition) is 2. The lowest BCUT2D eigenvalue weighted by atomic mass is 10.2. The van der Waals surface area contributed by atoms with E-state index in [0.29, 0.717) is 27.0 Å². The summed E-state index contributed by atoms with van der Waals surface area (Å²) < 4.78 is 0. The van der Waals surface area contributed by atoms with Crippen LogP contribution in [0.4, 0.5) is 11.4 Å². The van der Waals surface area contributed by atoms with Crippen molar-refractivity contribution in [1.82, 2.24) is 9.97 Å². The molecule has 0 fully saturated rings. The van der Waals surface area contributed by atoms with E-state index in [1.165, 1.54) is 0 Å². The van der Waals surface area contributed by atoms with Gasteiger partial charge in [-0.25, -0.2) is 4.98 Å². The molecule has 4 nitrogen and oxygen atoms in total. The molecule has 0 saturated carbocycles. The third-order valence-corrected chi connectivity index (χ3v) is 3.42. The summed E-state index contributed by atoms with van der Waals surface area (Å²) in [7, 11) is 0. The molecule has 0 atom stereocenters. The van der Waals surface area contributed by atoms with Gasteiger partial charge in [0.05, 0.1) is 28.2 Å². The fraction of sp³-hybridized carbons (Fsp3) is 0. The molecule has 0 aliphatic carbocycles. The molecule has 3 rings (SSSR count). The van der Waals surface area contributed by atoms with Crippen molar-refractivity contribution in [3.63, 3.8) is 0 Å². The highest BCUT2D eigenvalue weighted by Gasteiger charge is 2.11. The van der Waals surface area contributed by atoms with Crippen LogP contribution < -0.4 is 5.32 Å². The van der Waals surface area contributed by atoms with Gasteiger partial charge < -0.3 is 10.3 Å². The molecule has 98 valence electrons. The summed E-state index contributed by atoms with van der Waals surface area (Å²) >= 11 is 12.2. The number of pyridine rings is 1. The van der Waals surface area contributed by atoms with Crippen molar-refractivity contribution in [3.8, 4) is 6.07 Å². The number of nitrogens with one attached hydrogen (secondary N) is 2. The smallest absolute Gasteiger partial charge is 0.139 e. The first kappa shape index (κ1) is 12.8. The standard InChI is InChI=1S/C14H8Cl2N4/c15-9-2-1-8(6-17)12(5-9)20-13-10-3-4-18-14(10)19-7-11(13)16/h1-5,7H,(H2,18,19,20). The Balaban J connectivity index is 2.14. The van der Waals surface area contributed by atoms with Crippen molar-refractivity contribution >= 4 is 45.6 Å². The van der Waals surface area contributed by atoms with Crippen LogP contribution in [0.25, 0.3) is 11.0 Å². The van der Waals surface area contributed by atoms with Crippen LogP contribution in [0, 0.1) is 11.3 Å². The second kappa shape index (κ2) is 5.04. The van der Waals surface area contributed by atoms with Gasteiger partial charge in [0, 0.05) is 16.6 Å². The maximum absolute atomic E-state index is 9.15. The summed E-state index contributed by atoms with van der Waals surface area (Å²) in [4.78, 5) is 7.20. The molecule has 0 aliphatic heterocycles. The van der Waals surface area contributed by atoms with Gasteiger partial charge in [0.1, 0.15) is 11.7 Å². The number of benzene rings is 1. The molecule has 0 saturated heterocycles. The van der Waals surface area contributed by atoms with Gasteiger partial charge >= 0.3 is 0 Å². The lowest BCUT2D eigenvalue weighted by molar-refractivity contribution is 1.32. The number of halogens is 2. The number of anilines is 2. The van der Waals surface area contributed by atoms with E-state index >= 15 is 0 Å². The van der Waals surface area contributed by atoms with Gasteiger partial charge in [0.15, 0.2) is 0 Å². The Morgan fingerprint density at radius 2 is 2.10 bits per heavy atom. The van der Waals surface area contributed by atoms with Gasteiger partial charge in [-0.05, 0) is 24.3 Å². The molecular weight excluding hydrogens is 295 g/mol.